The largest absolute Gasteiger partial charge is 0.416 e. The van der Waals surface area contributed by atoms with Crippen LogP contribution in [-0.2, 0) is 11.0 Å². The number of nitrogens with two attached hydrogens (primary N) is 1. The van der Waals surface area contributed by atoms with Gasteiger partial charge in [-0.05, 0) is 26.0 Å². The Bertz CT molecular complexity index is 703. The van der Waals surface area contributed by atoms with Crippen LogP contribution >= 0.6 is 11.8 Å². The first-order valence-corrected chi connectivity index (χ1v) is 7.58. The molecule has 0 spiro atoms. The summed E-state index contributed by atoms with van der Waals surface area (Å²) < 4.78 is 43.2. The molecule has 0 aliphatic rings. The maximum Gasteiger partial charge on any atom is 0.416 e. The molecule has 2 aromatic rings. The second kappa shape index (κ2) is 6.61. The van der Waals surface area contributed by atoms with Crippen LogP contribution in [0.5, 0.6) is 0 Å². The average Bonchev–Trinajstić information content (AvgIpc) is 2.96. The number of halogens is 3. The van der Waals surface area contributed by atoms with E-state index < -0.39 is 22.9 Å². The summed E-state index contributed by atoms with van der Waals surface area (Å²) in [7, 11) is 0. The second-order valence-corrected chi connectivity index (χ2v) is 6.54. The Morgan fingerprint density at radius 1 is 1.35 bits per heavy atom. The van der Waals surface area contributed by atoms with Crippen molar-refractivity contribution >= 4 is 17.7 Å². The van der Waals surface area contributed by atoms with Gasteiger partial charge in [-0.25, -0.2) is 0 Å². The highest BCUT2D eigenvalue weighted by Crippen LogP contribution is 2.33. The third-order valence-electron chi connectivity index (χ3n) is 3.05. The van der Waals surface area contributed by atoms with Crippen molar-refractivity contribution in [3.8, 4) is 11.4 Å². The number of rotatable bonds is 5. The van der Waals surface area contributed by atoms with Gasteiger partial charge in [-0.2, -0.15) is 18.2 Å². The Morgan fingerprint density at radius 3 is 2.65 bits per heavy atom. The van der Waals surface area contributed by atoms with Crippen LogP contribution in [0, 0.1) is 0 Å². The van der Waals surface area contributed by atoms with Gasteiger partial charge in [0.15, 0.2) is 0 Å². The summed E-state index contributed by atoms with van der Waals surface area (Å²) in [6.07, 6.45) is -4.44. The first-order valence-electron chi connectivity index (χ1n) is 6.64. The number of hydrogen-bond donors (Lipinski definition) is 1. The molecule has 0 radical (unpaired) electrons. The Labute approximate surface area is 134 Å². The number of nitrogens with zero attached hydrogens (tertiary/aromatic N) is 2. The first kappa shape index (κ1) is 17.3. The van der Waals surface area contributed by atoms with Gasteiger partial charge < -0.3 is 10.3 Å². The SMILES string of the molecule is C[C@H](S[C@H](C)c1nc(-c2cccc(C(F)(F)F)c2)no1)C(N)=O. The molecule has 1 aromatic carbocycles. The second-order valence-electron chi connectivity index (χ2n) is 4.86. The van der Waals surface area contributed by atoms with Crippen molar-refractivity contribution in [3.63, 3.8) is 0 Å². The third kappa shape index (κ3) is 4.25. The van der Waals surface area contributed by atoms with Crippen LogP contribution in [0.25, 0.3) is 11.4 Å². The van der Waals surface area contributed by atoms with Crippen LogP contribution in [0.3, 0.4) is 0 Å². The van der Waals surface area contributed by atoms with Crippen molar-refractivity contribution in [3.05, 3.63) is 35.7 Å². The highest BCUT2D eigenvalue weighted by Gasteiger charge is 2.31. The van der Waals surface area contributed by atoms with Crippen LogP contribution in [0.2, 0.25) is 0 Å². The van der Waals surface area contributed by atoms with Crippen molar-refractivity contribution in [1.29, 1.82) is 0 Å². The van der Waals surface area contributed by atoms with E-state index in [0.717, 1.165) is 12.1 Å². The molecule has 23 heavy (non-hydrogen) atoms. The number of alkyl halides is 3. The quantitative estimate of drug-likeness (QED) is 0.898. The third-order valence-corrected chi connectivity index (χ3v) is 4.30. The standard InChI is InChI=1S/C14H14F3N3O2S/c1-7(11(18)21)23-8(2)13-19-12(20-22-13)9-4-3-5-10(6-9)14(15,16)17/h3-8H,1-2H3,(H2,18,21)/t7-,8+/m0/s1. The predicted octanol–water partition coefficient (Wildman–Crippen LogP) is 3.42. The Morgan fingerprint density at radius 2 is 2.04 bits per heavy atom. The monoisotopic (exact) mass is 345 g/mol. The lowest BCUT2D eigenvalue weighted by Crippen LogP contribution is -2.23. The molecule has 0 saturated heterocycles. The van der Waals surface area contributed by atoms with Crippen LogP contribution in [0.15, 0.2) is 28.8 Å². The molecule has 1 amide bonds. The van der Waals surface area contributed by atoms with Gasteiger partial charge in [0, 0.05) is 5.56 Å². The highest BCUT2D eigenvalue weighted by molar-refractivity contribution is 8.00. The van der Waals surface area contributed by atoms with Gasteiger partial charge in [0.1, 0.15) is 0 Å². The number of thioether (sulfide) groups is 1. The van der Waals surface area contributed by atoms with Crippen LogP contribution in [-0.4, -0.2) is 21.3 Å². The number of aromatic nitrogens is 2. The molecule has 0 aliphatic carbocycles. The van der Waals surface area contributed by atoms with Gasteiger partial charge >= 0.3 is 6.18 Å². The van der Waals surface area contributed by atoms with E-state index in [0.29, 0.717) is 0 Å². The minimum absolute atomic E-state index is 0.0604. The maximum atomic E-state index is 12.7. The number of amides is 1. The van der Waals surface area contributed by atoms with Crippen LogP contribution in [0.1, 0.15) is 30.6 Å². The molecular weight excluding hydrogens is 331 g/mol. The van der Waals surface area contributed by atoms with Gasteiger partial charge in [0.2, 0.25) is 17.6 Å². The fraction of sp³-hybridized carbons (Fsp3) is 0.357. The summed E-state index contributed by atoms with van der Waals surface area (Å²) in [5.41, 5.74) is 4.60. The molecule has 5 nitrogen and oxygen atoms in total. The van der Waals surface area contributed by atoms with E-state index >= 15 is 0 Å². The fourth-order valence-corrected chi connectivity index (χ4v) is 2.74. The van der Waals surface area contributed by atoms with Crippen molar-refractivity contribution in [2.45, 2.75) is 30.5 Å². The normalized spacial score (nSPS) is 14.5. The first-order chi connectivity index (χ1) is 10.7. The lowest BCUT2D eigenvalue weighted by atomic mass is 10.1. The average molecular weight is 345 g/mol. The lowest BCUT2D eigenvalue weighted by molar-refractivity contribution is -0.137. The summed E-state index contributed by atoms with van der Waals surface area (Å²) in [4.78, 5) is 15.2. The molecular formula is C14H14F3N3O2S. The molecule has 0 unspecified atom stereocenters. The number of primary amides is 1. The Hall–Kier alpha value is -2.03. The molecule has 1 heterocycles. The summed E-state index contributed by atoms with van der Waals surface area (Å²) in [5, 5.41) is 2.93. The Kier molecular flexibility index (Phi) is 4.98. The van der Waals surface area contributed by atoms with E-state index in [9.17, 15) is 18.0 Å². The zero-order chi connectivity index (χ0) is 17.2. The molecule has 0 aliphatic heterocycles. The van der Waals surface area contributed by atoms with Gasteiger partial charge in [-0.1, -0.05) is 17.3 Å². The lowest BCUT2D eigenvalue weighted by Gasteiger charge is -2.10. The summed E-state index contributed by atoms with van der Waals surface area (Å²) in [6, 6.07) is 4.67. The van der Waals surface area contributed by atoms with Gasteiger partial charge in [0.05, 0.1) is 16.1 Å². The molecule has 2 rings (SSSR count). The summed E-state index contributed by atoms with van der Waals surface area (Å²) in [6.45, 7) is 3.39. The van der Waals surface area contributed by atoms with E-state index in [4.69, 9.17) is 10.3 Å². The molecule has 2 atom stereocenters. The molecule has 124 valence electrons. The zero-order valence-electron chi connectivity index (χ0n) is 12.3. The molecule has 0 fully saturated rings. The topological polar surface area (TPSA) is 82.0 Å². The van der Waals surface area contributed by atoms with Crippen molar-refractivity contribution < 1.29 is 22.5 Å². The summed E-state index contributed by atoms with van der Waals surface area (Å²) >= 11 is 1.23. The van der Waals surface area contributed by atoms with Crippen molar-refractivity contribution in [2.75, 3.05) is 0 Å². The minimum atomic E-state index is -4.44. The zero-order valence-corrected chi connectivity index (χ0v) is 13.1. The van der Waals surface area contributed by atoms with E-state index in [2.05, 4.69) is 10.1 Å². The van der Waals surface area contributed by atoms with Crippen molar-refractivity contribution in [2.24, 2.45) is 5.73 Å². The number of hydrogen-bond acceptors (Lipinski definition) is 5. The van der Waals surface area contributed by atoms with Gasteiger partial charge in [-0.15, -0.1) is 11.8 Å². The number of benzene rings is 1. The van der Waals surface area contributed by atoms with E-state index in [-0.39, 0.29) is 22.5 Å². The summed E-state index contributed by atoms with van der Waals surface area (Å²) in [5.74, 6) is -0.194. The predicted molar refractivity (Wildman–Crippen MR) is 79.4 cm³/mol. The fourth-order valence-electron chi connectivity index (χ4n) is 1.78. The minimum Gasteiger partial charge on any atom is -0.369 e. The van der Waals surface area contributed by atoms with Gasteiger partial charge in [-0.3, -0.25) is 4.79 Å². The molecule has 9 heteroatoms. The Balaban J connectivity index is 2.21. The molecule has 0 saturated carbocycles. The maximum absolute atomic E-state index is 12.7. The van der Waals surface area contributed by atoms with E-state index in [1.54, 1.807) is 13.8 Å². The number of carbonyl (C=O) groups is 1. The van der Waals surface area contributed by atoms with E-state index in [1.165, 1.54) is 23.9 Å². The smallest absolute Gasteiger partial charge is 0.369 e. The molecule has 1 aromatic heterocycles. The highest BCUT2D eigenvalue weighted by atomic mass is 32.2. The van der Waals surface area contributed by atoms with Crippen molar-refractivity contribution in [1.82, 2.24) is 10.1 Å². The molecule has 2 N–H and O–H groups in total. The van der Waals surface area contributed by atoms with Crippen LogP contribution < -0.4 is 5.73 Å². The van der Waals surface area contributed by atoms with Crippen LogP contribution in [0.4, 0.5) is 13.2 Å². The number of carbonyl (C=O) groups excluding carboxylic acids is 1. The molecule has 0 bridgehead atoms. The van der Waals surface area contributed by atoms with Gasteiger partial charge in [0.25, 0.3) is 0 Å². The van der Waals surface area contributed by atoms with E-state index in [1.807, 2.05) is 0 Å².